The lowest BCUT2D eigenvalue weighted by molar-refractivity contribution is -0.128. The van der Waals surface area contributed by atoms with Gasteiger partial charge in [0.1, 0.15) is 6.04 Å². The molecule has 1 N–H and O–H groups in total. The van der Waals surface area contributed by atoms with Crippen LogP contribution in [0.1, 0.15) is 23.7 Å². The predicted molar refractivity (Wildman–Crippen MR) is 94.3 cm³/mol. The van der Waals surface area contributed by atoms with Crippen LogP contribution in [-0.4, -0.2) is 74.0 Å². The molecule has 0 spiro atoms. The number of benzene rings is 1. The van der Waals surface area contributed by atoms with Crippen LogP contribution in [0.15, 0.2) is 24.3 Å². The Labute approximate surface area is 143 Å². The van der Waals surface area contributed by atoms with Gasteiger partial charge in [-0.05, 0) is 37.2 Å². The number of hydrogen-bond donors (Lipinski definition) is 1. The number of anilines is 1. The van der Waals surface area contributed by atoms with Crippen LogP contribution in [0, 0.1) is 0 Å². The Kier molecular flexibility index (Phi) is 5.04. The fraction of sp³-hybridized carbons (Fsp3) is 0.556. The maximum Gasteiger partial charge on any atom is 0.251 e. The Morgan fingerprint density at radius 3 is 2.33 bits per heavy atom. The molecular formula is C18H26N4O2. The second-order valence-electron chi connectivity index (χ2n) is 6.54. The van der Waals surface area contributed by atoms with E-state index in [1.54, 1.807) is 11.9 Å². The van der Waals surface area contributed by atoms with Crippen LogP contribution in [0.3, 0.4) is 0 Å². The highest BCUT2D eigenvalue weighted by molar-refractivity contribution is 5.98. The molecule has 0 bridgehead atoms. The number of nitrogens with zero attached hydrogens (tertiary/aromatic N) is 3. The van der Waals surface area contributed by atoms with Gasteiger partial charge in [-0.2, -0.15) is 0 Å². The van der Waals surface area contributed by atoms with Gasteiger partial charge in [0.05, 0.1) is 0 Å². The van der Waals surface area contributed by atoms with E-state index in [0.717, 1.165) is 38.4 Å². The Hall–Kier alpha value is -2.08. The number of hydrogen-bond acceptors (Lipinski definition) is 4. The van der Waals surface area contributed by atoms with Crippen molar-refractivity contribution in [3.8, 4) is 0 Å². The molecule has 0 saturated carbocycles. The van der Waals surface area contributed by atoms with Gasteiger partial charge < -0.3 is 20.0 Å². The maximum atomic E-state index is 12.3. The summed E-state index contributed by atoms with van der Waals surface area (Å²) in [5, 5.41) is 2.84. The van der Waals surface area contributed by atoms with Gasteiger partial charge in [-0.3, -0.25) is 9.59 Å². The van der Waals surface area contributed by atoms with Gasteiger partial charge in [-0.25, -0.2) is 0 Å². The fourth-order valence-electron chi connectivity index (χ4n) is 3.34. The molecule has 1 atom stereocenters. The number of rotatable bonds is 4. The molecule has 2 aliphatic rings. The van der Waals surface area contributed by atoms with Crippen LogP contribution < -0.4 is 10.2 Å². The largest absolute Gasteiger partial charge is 0.369 e. The van der Waals surface area contributed by atoms with Gasteiger partial charge in [-0.1, -0.05) is 6.92 Å². The molecule has 2 heterocycles. The van der Waals surface area contributed by atoms with Crippen LogP contribution in [-0.2, 0) is 4.79 Å². The molecule has 0 aromatic heterocycles. The van der Waals surface area contributed by atoms with Crippen molar-refractivity contribution < 1.29 is 9.59 Å². The summed E-state index contributed by atoms with van der Waals surface area (Å²) in [6, 6.07) is 7.31. The average Bonchev–Trinajstić information content (AvgIpc) is 2.94. The van der Waals surface area contributed by atoms with E-state index in [1.165, 1.54) is 0 Å². The van der Waals surface area contributed by atoms with Gasteiger partial charge in [-0.15, -0.1) is 0 Å². The number of carbonyl (C=O) groups is 2. The average molecular weight is 330 g/mol. The van der Waals surface area contributed by atoms with E-state index >= 15 is 0 Å². The van der Waals surface area contributed by atoms with E-state index in [2.05, 4.69) is 22.0 Å². The highest BCUT2D eigenvalue weighted by atomic mass is 16.2. The molecule has 1 aromatic rings. The lowest BCUT2D eigenvalue weighted by Crippen LogP contribution is -2.46. The third-order valence-electron chi connectivity index (χ3n) is 5.05. The van der Waals surface area contributed by atoms with E-state index in [1.807, 2.05) is 24.3 Å². The van der Waals surface area contributed by atoms with Gasteiger partial charge in [0, 0.05) is 51.0 Å². The zero-order valence-corrected chi connectivity index (χ0v) is 14.5. The Morgan fingerprint density at radius 2 is 1.79 bits per heavy atom. The van der Waals surface area contributed by atoms with E-state index in [-0.39, 0.29) is 17.9 Å². The van der Waals surface area contributed by atoms with Crippen molar-refractivity contribution in [2.45, 2.75) is 19.4 Å². The van der Waals surface area contributed by atoms with Crippen LogP contribution >= 0.6 is 0 Å². The topological polar surface area (TPSA) is 55.9 Å². The van der Waals surface area contributed by atoms with Crippen molar-refractivity contribution in [1.82, 2.24) is 15.1 Å². The van der Waals surface area contributed by atoms with Gasteiger partial charge >= 0.3 is 0 Å². The van der Waals surface area contributed by atoms with Crippen molar-refractivity contribution in [1.29, 1.82) is 0 Å². The smallest absolute Gasteiger partial charge is 0.251 e. The first-order valence-corrected chi connectivity index (χ1v) is 8.71. The molecule has 1 unspecified atom stereocenters. The summed E-state index contributed by atoms with van der Waals surface area (Å²) in [7, 11) is 1.77. The van der Waals surface area contributed by atoms with Crippen molar-refractivity contribution in [3.63, 3.8) is 0 Å². The highest BCUT2D eigenvalue weighted by Gasteiger charge is 2.30. The molecule has 1 aromatic carbocycles. The van der Waals surface area contributed by atoms with E-state index in [4.69, 9.17) is 0 Å². The van der Waals surface area contributed by atoms with Crippen LogP contribution in [0.4, 0.5) is 5.69 Å². The predicted octanol–water partition coefficient (Wildman–Crippen LogP) is 0.789. The molecule has 2 aliphatic heterocycles. The first-order chi connectivity index (χ1) is 11.6. The summed E-state index contributed by atoms with van der Waals surface area (Å²) < 4.78 is 0. The quantitative estimate of drug-likeness (QED) is 0.887. The highest BCUT2D eigenvalue weighted by Crippen LogP contribution is 2.18. The van der Waals surface area contributed by atoms with Gasteiger partial charge in [0.2, 0.25) is 5.91 Å². The number of likely N-dealkylation sites (N-methyl/N-ethyl adjacent to an activating group) is 2. The summed E-state index contributed by atoms with van der Waals surface area (Å²) >= 11 is 0. The third-order valence-corrected chi connectivity index (χ3v) is 5.05. The molecule has 24 heavy (non-hydrogen) atoms. The zero-order chi connectivity index (χ0) is 17.1. The summed E-state index contributed by atoms with van der Waals surface area (Å²) in [4.78, 5) is 30.7. The normalized spacial score (nSPS) is 22.1. The third kappa shape index (κ3) is 3.53. The second kappa shape index (κ2) is 7.21. The first kappa shape index (κ1) is 16.8. The number of piperazine rings is 1. The zero-order valence-electron chi connectivity index (χ0n) is 14.5. The molecule has 2 saturated heterocycles. The van der Waals surface area contributed by atoms with E-state index < -0.39 is 0 Å². The Bertz CT molecular complexity index is 594. The fourth-order valence-corrected chi connectivity index (χ4v) is 3.34. The minimum Gasteiger partial charge on any atom is -0.369 e. The maximum absolute atomic E-state index is 12.3. The lowest BCUT2D eigenvalue weighted by Gasteiger charge is -2.35. The van der Waals surface area contributed by atoms with Crippen molar-refractivity contribution in [3.05, 3.63) is 29.8 Å². The molecule has 130 valence electrons. The van der Waals surface area contributed by atoms with Gasteiger partial charge in [0.25, 0.3) is 5.91 Å². The molecule has 2 fully saturated rings. The molecule has 0 radical (unpaired) electrons. The van der Waals surface area contributed by atoms with E-state index in [9.17, 15) is 9.59 Å². The monoisotopic (exact) mass is 330 g/mol. The van der Waals surface area contributed by atoms with Crippen molar-refractivity contribution in [2.24, 2.45) is 0 Å². The van der Waals surface area contributed by atoms with Gasteiger partial charge in [0.15, 0.2) is 0 Å². The lowest BCUT2D eigenvalue weighted by atomic mass is 10.1. The Balaban J connectivity index is 1.58. The van der Waals surface area contributed by atoms with Crippen molar-refractivity contribution in [2.75, 3.05) is 51.2 Å². The summed E-state index contributed by atoms with van der Waals surface area (Å²) in [5.41, 5.74) is 1.76. The minimum atomic E-state index is -0.385. The standard InChI is InChI=1S/C18H26N4O2/c1-3-21-10-12-22(13-11-21)15-6-4-14(5-7-15)17(23)19-16-8-9-20(2)18(16)24/h4-7,16H,3,8-13H2,1-2H3,(H,19,23). The first-order valence-electron chi connectivity index (χ1n) is 8.71. The SMILES string of the molecule is CCN1CCN(c2ccc(C(=O)NC3CCN(C)C3=O)cc2)CC1. The minimum absolute atomic E-state index is 0.00577. The summed E-state index contributed by atoms with van der Waals surface area (Å²) in [6.45, 7) is 8.18. The number of carbonyl (C=O) groups excluding carboxylic acids is 2. The van der Waals surface area contributed by atoms with Crippen LogP contribution in [0.5, 0.6) is 0 Å². The Morgan fingerprint density at radius 1 is 1.12 bits per heavy atom. The molecule has 2 amide bonds. The summed E-state index contributed by atoms with van der Waals surface area (Å²) in [5.74, 6) is -0.181. The molecule has 0 aliphatic carbocycles. The molecule has 6 nitrogen and oxygen atoms in total. The van der Waals surface area contributed by atoms with E-state index in [0.29, 0.717) is 18.5 Å². The number of amides is 2. The number of nitrogens with one attached hydrogen (secondary N) is 1. The molecule has 6 heteroatoms. The van der Waals surface area contributed by atoms with Crippen LogP contribution in [0.2, 0.25) is 0 Å². The summed E-state index contributed by atoms with van der Waals surface area (Å²) in [6.07, 6.45) is 0.681. The molecular weight excluding hydrogens is 304 g/mol. The number of likely N-dealkylation sites (tertiary alicyclic amines) is 1. The second-order valence-corrected chi connectivity index (χ2v) is 6.54. The molecule has 3 rings (SSSR count). The van der Waals surface area contributed by atoms with Crippen LogP contribution in [0.25, 0.3) is 0 Å². The van der Waals surface area contributed by atoms with Crippen molar-refractivity contribution >= 4 is 17.5 Å².